The molecule has 0 saturated carbocycles. The van der Waals surface area contributed by atoms with Gasteiger partial charge in [0.05, 0.1) is 0 Å². The molecule has 0 saturated heterocycles. The molecule has 3 rings (SSSR count). The fraction of sp³-hybridized carbons (Fsp3) is 0.143. The molecule has 2 heterocycles. The molecule has 0 bridgehead atoms. The number of H-pyrrole nitrogens is 1. The fourth-order valence-corrected chi connectivity index (χ4v) is 1.96. The normalized spacial score (nSPS) is 10.6. The lowest BCUT2D eigenvalue weighted by molar-refractivity contribution is 0.568. The Kier molecular flexibility index (Phi) is 3.02. The highest BCUT2D eigenvalue weighted by molar-refractivity contribution is 5.62. The topological polar surface area (TPSA) is 66.7 Å². The molecule has 0 amide bonds. The van der Waals surface area contributed by atoms with Gasteiger partial charge in [0.2, 0.25) is 12.3 Å². The molecule has 2 aromatic heterocycles. The minimum Gasteiger partial charge on any atom is -0.423 e. The van der Waals surface area contributed by atoms with Crippen LogP contribution in [0.15, 0.2) is 47.5 Å². The highest BCUT2D eigenvalue weighted by Crippen LogP contribution is 2.23. The van der Waals surface area contributed by atoms with Crippen LogP contribution in [0.4, 0.5) is 5.69 Å². The van der Waals surface area contributed by atoms with Gasteiger partial charge in [-0.15, -0.1) is 10.2 Å². The van der Waals surface area contributed by atoms with Gasteiger partial charge in [0, 0.05) is 30.2 Å². The number of nitrogens with zero attached hydrogens (tertiary/aromatic N) is 2. The first-order chi connectivity index (χ1) is 9.33. The largest absolute Gasteiger partial charge is 0.423 e. The van der Waals surface area contributed by atoms with Gasteiger partial charge in [-0.1, -0.05) is 0 Å². The molecule has 0 spiro atoms. The van der Waals surface area contributed by atoms with E-state index in [4.69, 9.17) is 4.42 Å². The van der Waals surface area contributed by atoms with E-state index in [2.05, 4.69) is 33.5 Å². The molecule has 1 aromatic carbocycles. The SMILES string of the molecule is Cc1cc(-c2nnco2)ccc1NCc1cc[nH]c1. The second-order valence-corrected chi connectivity index (χ2v) is 4.35. The third-order valence-corrected chi connectivity index (χ3v) is 2.98. The predicted molar refractivity (Wildman–Crippen MR) is 72.6 cm³/mol. The Morgan fingerprint density at radius 3 is 2.95 bits per heavy atom. The zero-order valence-electron chi connectivity index (χ0n) is 10.6. The number of anilines is 1. The lowest BCUT2D eigenvalue weighted by Crippen LogP contribution is -2.00. The lowest BCUT2D eigenvalue weighted by Gasteiger charge is -2.09. The van der Waals surface area contributed by atoms with Crippen LogP contribution < -0.4 is 5.32 Å². The molecular weight excluding hydrogens is 240 g/mol. The molecule has 0 fully saturated rings. The van der Waals surface area contributed by atoms with Gasteiger partial charge < -0.3 is 14.7 Å². The summed E-state index contributed by atoms with van der Waals surface area (Å²) in [7, 11) is 0. The number of aryl methyl sites for hydroxylation is 1. The lowest BCUT2D eigenvalue weighted by atomic mass is 10.1. The summed E-state index contributed by atoms with van der Waals surface area (Å²) in [5.41, 5.74) is 4.40. The quantitative estimate of drug-likeness (QED) is 0.751. The second kappa shape index (κ2) is 4.97. The summed E-state index contributed by atoms with van der Waals surface area (Å²) >= 11 is 0. The molecule has 0 aliphatic heterocycles. The van der Waals surface area contributed by atoms with Gasteiger partial charge in [-0.3, -0.25) is 0 Å². The summed E-state index contributed by atoms with van der Waals surface area (Å²) in [6.45, 7) is 2.85. The molecule has 5 nitrogen and oxygen atoms in total. The van der Waals surface area contributed by atoms with E-state index in [1.165, 1.54) is 12.0 Å². The van der Waals surface area contributed by atoms with Crippen LogP contribution in [0, 0.1) is 6.92 Å². The standard InChI is InChI=1S/C14H14N4O/c1-10-6-12(14-18-17-9-19-14)2-3-13(10)16-8-11-4-5-15-7-11/h2-7,9,15-16H,8H2,1H3. The summed E-state index contributed by atoms with van der Waals surface area (Å²) in [5, 5.41) is 11.0. The van der Waals surface area contributed by atoms with Crippen molar-refractivity contribution in [1.82, 2.24) is 15.2 Å². The molecule has 96 valence electrons. The molecular formula is C14H14N4O. The first-order valence-electron chi connectivity index (χ1n) is 6.05. The van der Waals surface area contributed by atoms with E-state index in [9.17, 15) is 0 Å². The summed E-state index contributed by atoms with van der Waals surface area (Å²) in [6.07, 6.45) is 5.24. The number of aromatic amines is 1. The van der Waals surface area contributed by atoms with Gasteiger partial charge in [0.1, 0.15) is 0 Å². The van der Waals surface area contributed by atoms with E-state index in [0.29, 0.717) is 5.89 Å². The van der Waals surface area contributed by atoms with Crippen LogP contribution in [-0.4, -0.2) is 15.2 Å². The molecule has 5 heteroatoms. The van der Waals surface area contributed by atoms with E-state index in [1.807, 2.05) is 30.6 Å². The molecule has 19 heavy (non-hydrogen) atoms. The Labute approximate surface area is 110 Å². The number of nitrogens with one attached hydrogen (secondary N) is 2. The Morgan fingerprint density at radius 2 is 2.26 bits per heavy atom. The van der Waals surface area contributed by atoms with Crippen LogP contribution in [-0.2, 0) is 6.54 Å². The van der Waals surface area contributed by atoms with E-state index >= 15 is 0 Å². The molecule has 0 radical (unpaired) electrons. The van der Waals surface area contributed by atoms with Crippen molar-refractivity contribution in [2.45, 2.75) is 13.5 Å². The molecule has 2 N–H and O–H groups in total. The maximum Gasteiger partial charge on any atom is 0.247 e. The summed E-state index contributed by atoms with van der Waals surface area (Å²) in [5.74, 6) is 0.542. The van der Waals surface area contributed by atoms with E-state index in [1.54, 1.807) is 0 Å². The minimum atomic E-state index is 0.542. The third kappa shape index (κ3) is 2.49. The molecule has 0 aliphatic carbocycles. The Hall–Kier alpha value is -2.56. The van der Waals surface area contributed by atoms with E-state index in [0.717, 1.165) is 23.4 Å². The highest BCUT2D eigenvalue weighted by Gasteiger charge is 2.06. The van der Waals surface area contributed by atoms with Crippen LogP contribution in [0.2, 0.25) is 0 Å². The van der Waals surface area contributed by atoms with Crippen LogP contribution in [0.25, 0.3) is 11.5 Å². The van der Waals surface area contributed by atoms with Gasteiger partial charge in [-0.2, -0.15) is 0 Å². The second-order valence-electron chi connectivity index (χ2n) is 4.35. The Balaban J connectivity index is 1.76. The fourth-order valence-electron chi connectivity index (χ4n) is 1.96. The van der Waals surface area contributed by atoms with Crippen molar-refractivity contribution >= 4 is 5.69 Å². The van der Waals surface area contributed by atoms with Crippen molar-refractivity contribution < 1.29 is 4.42 Å². The number of benzene rings is 1. The van der Waals surface area contributed by atoms with Crippen molar-refractivity contribution in [2.24, 2.45) is 0 Å². The van der Waals surface area contributed by atoms with Gasteiger partial charge in [0.25, 0.3) is 0 Å². The smallest absolute Gasteiger partial charge is 0.247 e. The summed E-state index contributed by atoms with van der Waals surface area (Å²) < 4.78 is 5.19. The highest BCUT2D eigenvalue weighted by atomic mass is 16.4. The first kappa shape index (κ1) is 11.5. The summed E-state index contributed by atoms with van der Waals surface area (Å²) in [6, 6.07) is 8.09. The average Bonchev–Trinajstić information content (AvgIpc) is 3.10. The number of hydrogen-bond acceptors (Lipinski definition) is 4. The van der Waals surface area contributed by atoms with Crippen molar-refractivity contribution in [1.29, 1.82) is 0 Å². The van der Waals surface area contributed by atoms with Crippen LogP contribution in [0.3, 0.4) is 0 Å². The number of aromatic nitrogens is 3. The monoisotopic (exact) mass is 254 g/mol. The zero-order valence-corrected chi connectivity index (χ0v) is 10.6. The molecule has 0 unspecified atom stereocenters. The van der Waals surface area contributed by atoms with Gasteiger partial charge >= 0.3 is 0 Å². The van der Waals surface area contributed by atoms with Crippen LogP contribution >= 0.6 is 0 Å². The Bertz CT molecular complexity index is 644. The van der Waals surface area contributed by atoms with E-state index < -0.39 is 0 Å². The number of rotatable bonds is 4. The summed E-state index contributed by atoms with van der Waals surface area (Å²) in [4.78, 5) is 3.04. The van der Waals surface area contributed by atoms with Crippen molar-refractivity contribution in [2.75, 3.05) is 5.32 Å². The maximum absolute atomic E-state index is 5.19. The minimum absolute atomic E-state index is 0.542. The van der Waals surface area contributed by atoms with Gasteiger partial charge in [-0.05, 0) is 42.3 Å². The van der Waals surface area contributed by atoms with E-state index in [-0.39, 0.29) is 0 Å². The van der Waals surface area contributed by atoms with Crippen molar-refractivity contribution in [3.8, 4) is 11.5 Å². The molecule has 3 aromatic rings. The Morgan fingerprint density at radius 1 is 1.32 bits per heavy atom. The van der Waals surface area contributed by atoms with Crippen LogP contribution in [0.1, 0.15) is 11.1 Å². The number of hydrogen-bond donors (Lipinski definition) is 2. The average molecular weight is 254 g/mol. The first-order valence-corrected chi connectivity index (χ1v) is 6.05. The van der Waals surface area contributed by atoms with Crippen molar-refractivity contribution in [3.63, 3.8) is 0 Å². The predicted octanol–water partition coefficient (Wildman–Crippen LogP) is 2.99. The van der Waals surface area contributed by atoms with Crippen LogP contribution in [0.5, 0.6) is 0 Å². The van der Waals surface area contributed by atoms with Crippen molar-refractivity contribution in [3.05, 3.63) is 54.2 Å². The maximum atomic E-state index is 5.19. The molecule has 0 atom stereocenters. The molecule has 0 aliphatic rings. The third-order valence-electron chi connectivity index (χ3n) is 2.98. The van der Waals surface area contributed by atoms with Gasteiger partial charge in [0.15, 0.2) is 0 Å². The zero-order chi connectivity index (χ0) is 13.1. The van der Waals surface area contributed by atoms with Gasteiger partial charge in [-0.25, -0.2) is 0 Å².